The van der Waals surface area contributed by atoms with E-state index in [4.69, 9.17) is 9.72 Å². The highest BCUT2D eigenvalue weighted by molar-refractivity contribution is 5.75. The van der Waals surface area contributed by atoms with Gasteiger partial charge < -0.3 is 15.2 Å². The number of nitrogens with one attached hydrogen (secondary N) is 1. The summed E-state index contributed by atoms with van der Waals surface area (Å²) in [6.45, 7) is 7.21. The lowest BCUT2D eigenvalue weighted by atomic mass is 10.0. The van der Waals surface area contributed by atoms with Gasteiger partial charge in [0.15, 0.2) is 0 Å². The summed E-state index contributed by atoms with van der Waals surface area (Å²) in [5.41, 5.74) is 6.62. The van der Waals surface area contributed by atoms with E-state index in [-0.39, 0.29) is 6.10 Å². The largest absolute Gasteiger partial charge is 0.480 e. The van der Waals surface area contributed by atoms with E-state index in [9.17, 15) is 9.90 Å². The third-order valence-electron chi connectivity index (χ3n) is 6.45. The fraction of sp³-hybridized carbons (Fsp3) is 0.538. The van der Waals surface area contributed by atoms with E-state index in [2.05, 4.69) is 23.5 Å². The number of likely N-dealkylation sites (tertiary alicyclic amines) is 1. The van der Waals surface area contributed by atoms with E-state index in [0.717, 1.165) is 74.0 Å². The van der Waals surface area contributed by atoms with Crippen LogP contribution in [-0.4, -0.2) is 53.3 Å². The maximum absolute atomic E-state index is 12.0. The first-order chi connectivity index (χ1) is 15.5. The van der Waals surface area contributed by atoms with Crippen molar-refractivity contribution in [2.75, 3.05) is 31.6 Å². The number of rotatable bonds is 9. The van der Waals surface area contributed by atoms with Crippen LogP contribution in [0, 0.1) is 13.8 Å². The zero-order valence-electron chi connectivity index (χ0n) is 19.3. The minimum atomic E-state index is -0.789. The number of hydrogen-bond donors (Lipinski definition) is 2. The van der Waals surface area contributed by atoms with Crippen molar-refractivity contribution in [1.82, 2.24) is 9.88 Å². The van der Waals surface area contributed by atoms with Crippen molar-refractivity contribution < 1.29 is 14.6 Å². The number of nitrogens with zero attached hydrogens (tertiary/aromatic N) is 2. The number of unbranched alkanes of at least 4 members (excludes halogenated alkanes) is 1. The first kappa shape index (κ1) is 22.7. The Morgan fingerprint density at radius 3 is 2.84 bits per heavy atom. The molecule has 172 valence electrons. The van der Waals surface area contributed by atoms with Crippen molar-refractivity contribution in [2.45, 2.75) is 64.5 Å². The van der Waals surface area contributed by atoms with Crippen LogP contribution < -0.4 is 5.32 Å². The molecule has 6 nitrogen and oxygen atoms in total. The number of aryl methyl sites for hydroxylation is 4. The van der Waals surface area contributed by atoms with Crippen LogP contribution in [0.4, 0.5) is 5.69 Å². The first-order valence-electron chi connectivity index (χ1n) is 11.9. The van der Waals surface area contributed by atoms with Crippen LogP contribution in [0.15, 0.2) is 30.3 Å². The monoisotopic (exact) mass is 437 g/mol. The molecule has 0 spiro atoms. The molecule has 1 fully saturated rings. The second kappa shape index (κ2) is 10.5. The molecule has 1 aromatic heterocycles. The number of pyridine rings is 1. The second-order valence-electron chi connectivity index (χ2n) is 9.22. The second-order valence-corrected chi connectivity index (χ2v) is 9.22. The van der Waals surface area contributed by atoms with Crippen molar-refractivity contribution in [3.05, 3.63) is 58.4 Å². The number of carboxylic acids is 1. The zero-order chi connectivity index (χ0) is 22.5. The van der Waals surface area contributed by atoms with Gasteiger partial charge in [-0.2, -0.15) is 0 Å². The first-order valence-corrected chi connectivity index (χ1v) is 11.9. The SMILES string of the molecule is Cc1cc(C)cc(C(C(=O)O)N2CC[C@@H](OCCCCc3ccc4c(n3)CCCN4)C2)c1. The number of hydrogen-bond acceptors (Lipinski definition) is 5. The molecule has 0 bridgehead atoms. The normalized spacial score (nSPS) is 19.4. The highest BCUT2D eigenvalue weighted by Gasteiger charge is 2.34. The molecule has 1 aromatic carbocycles. The highest BCUT2D eigenvalue weighted by atomic mass is 16.5. The van der Waals surface area contributed by atoms with Crippen molar-refractivity contribution in [1.29, 1.82) is 0 Å². The van der Waals surface area contributed by atoms with Crippen molar-refractivity contribution in [3.8, 4) is 0 Å². The van der Waals surface area contributed by atoms with Gasteiger partial charge in [-0.3, -0.25) is 14.7 Å². The summed E-state index contributed by atoms with van der Waals surface area (Å²) in [6, 6.07) is 9.75. The molecule has 2 aromatic rings. The molecule has 0 radical (unpaired) electrons. The third-order valence-corrected chi connectivity index (χ3v) is 6.45. The average molecular weight is 438 g/mol. The molecule has 0 amide bonds. The van der Waals surface area contributed by atoms with Gasteiger partial charge >= 0.3 is 5.97 Å². The van der Waals surface area contributed by atoms with E-state index in [1.165, 1.54) is 11.4 Å². The van der Waals surface area contributed by atoms with Crippen LogP contribution in [0.3, 0.4) is 0 Å². The zero-order valence-corrected chi connectivity index (χ0v) is 19.3. The molecular formula is C26H35N3O3. The standard InChI is InChI=1S/C26H35N3O3/c1-18-14-19(2)16-20(15-18)25(26(30)31)29-12-10-22(17-29)32-13-4-3-6-21-8-9-23-24(28-21)7-5-11-27-23/h8-9,14-16,22,25,27H,3-7,10-13,17H2,1-2H3,(H,30,31)/t22-,25?/m1/s1. The molecule has 2 aliphatic heterocycles. The Morgan fingerprint density at radius 2 is 2.06 bits per heavy atom. The fourth-order valence-corrected chi connectivity index (χ4v) is 4.98. The summed E-state index contributed by atoms with van der Waals surface area (Å²) in [7, 11) is 0. The summed E-state index contributed by atoms with van der Waals surface area (Å²) in [6.07, 6.45) is 6.23. The molecule has 2 atom stereocenters. The lowest BCUT2D eigenvalue weighted by Crippen LogP contribution is -2.33. The van der Waals surface area contributed by atoms with Gasteiger partial charge in [0.25, 0.3) is 0 Å². The maximum Gasteiger partial charge on any atom is 0.325 e. The van der Waals surface area contributed by atoms with Gasteiger partial charge in [0, 0.05) is 31.9 Å². The molecule has 0 saturated carbocycles. The average Bonchev–Trinajstić information content (AvgIpc) is 3.20. The van der Waals surface area contributed by atoms with Gasteiger partial charge in [0.1, 0.15) is 6.04 Å². The van der Waals surface area contributed by atoms with E-state index in [1.54, 1.807) is 0 Å². The van der Waals surface area contributed by atoms with Gasteiger partial charge in [-0.15, -0.1) is 0 Å². The van der Waals surface area contributed by atoms with Crippen molar-refractivity contribution >= 4 is 11.7 Å². The minimum absolute atomic E-state index is 0.107. The molecule has 4 rings (SSSR count). The Labute approximate surface area is 191 Å². The van der Waals surface area contributed by atoms with Crippen LogP contribution in [0.5, 0.6) is 0 Å². The molecule has 3 heterocycles. The Balaban J connectivity index is 1.22. The summed E-state index contributed by atoms with van der Waals surface area (Å²) in [4.78, 5) is 18.9. The van der Waals surface area contributed by atoms with E-state index in [1.807, 2.05) is 30.9 Å². The van der Waals surface area contributed by atoms with Crippen LogP contribution in [0.1, 0.15) is 59.8 Å². The Morgan fingerprint density at radius 1 is 1.25 bits per heavy atom. The molecule has 32 heavy (non-hydrogen) atoms. The summed E-state index contributed by atoms with van der Waals surface area (Å²) in [5.74, 6) is -0.789. The van der Waals surface area contributed by atoms with Gasteiger partial charge in [0.2, 0.25) is 0 Å². The number of benzene rings is 1. The fourth-order valence-electron chi connectivity index (χ4n) is 4.98. The predicted molar refractivity (Wildman–Crippen MR) is 126 cm³/mol. The molecular weight excluding hydrogens is 402 g/mol. The number of fused-ring (bicyclic) bond motifs is 1. The lowest BCUT2D eigenvalue weighted by molar-refractivity contribution is -0.143. The molecule has 0 aliphatic carbocycles. The van der Waals surface area contributed by atoms with Gasteiger partial charge in [-0.05, 0) is 70.1 Å². The smallest absolute Gasteiger partial charge is 0.325 e. The van der Waals surface area contributed by atoms with Crippen LogP contribution >= 0.6 is 0 Å². The Kier molecular flexibility index (Phi) is 7.43. The summed E-state index contributed by atoms with van der Waals surface area (Å²) in [5, 5.41) is 13.3. The molecule has 2 N–H and O–H groups in total. The summed E-state index contributed by atoms with van der Waals surface area (Å²) < 4.78 is 6.11. The number of aromatic nitrogens is 1. The lowest BCUT2D eigenvalue weighted by Gasteiger charge is -2.25. The quantitative estimate of drug-likeness (QED) is 0.570. The van der Waals surface area contributed by atoms with Gasteiger partial charge in [-0.25, -0.2) is 0 Å². The van der Waals surface area contributed by atoms with E-state index >= 15 is 0 Å². The summed E-state index contributed by atoms with van der Waals surface area (Å²) >= 11 is 0. The molecule has 1 saturated heterocycles. The van der Waals surface area contributed by atoms with Crippen molar-refractivity contribution in [3.63, 3.8) is 0 Å². The minimum Gasteiger partial charge on any atom is -0.480 e. The van der Waals surface area contributed by atoms with E-state index < -0.39 is 12.0 Å². The maximum atomic E-state index is 12.0. The third kappa shape index (κ3) is 5.67. The number of carbonyl (C=O) groups is 1. The van der Waals surface area contributed by atoms with Crippen LogP contribution in [0.25, 0.3) is 0 Å². The number of anilines is 1. The van der Waals surface area contributed by atoms with Crippen LogP contribution in [0.2, 0.25) is 0 Å². The molecule has 2 aliphatic rings. The van der Waals surface area contributed by atoms with E-state index in [0.29, 0.717) is 13.2 Å². The van der Waals surface area contributed by atoms with Crippen LogP contribution in [-0.2, 0) is 22.4 Å². The van der Waals surface area contributed by atoms with Crippen molar-refractivity contribution in [2.24, 2.45) is 0 Å². The number of carboxylic acid groups (broad SMARTS) is 1. The van der Waals surface area contributed by atoms with Gasteiger partial charge in [0.05, 0.1) is 17.5 Å². The molecule has 1 unspecified atom stereocenters. The molecule has 6 heteroatoms. The highest BCUT2D eigenvalue weighted by Crippen LogP contribution is 2.28. The topological polar surface area (TPSA) is 74.7 Å². The predicted octanol–water partition coefficient (Wildman–Crippen LogP) is 4.30. The Bertz CT molecular complexity index is 926. The number of ether oxygens (including phenoxy) is 1. The number of aliphatic carboxylic acids is 1. The Hall–Kier alpha value is -2.44. The van der Waals surface area contributed by atoms with Gasteiger partial charge in [-0.1, -0.05) is 29.3 Å².